The van der Waals surface area contributed by atoms with Crippen molar-refractivity contribution in [2.24, 2.45) is 0 Å². The highest BCUT2D eigenvalue weighted by molar-refractivity contribution is 14.1. The summed E-state index contributed by atoms with van der Waals surface area (Å²) in [7, 11) is 0. The maximum atomic E-state index is 9.63. The van der Waals surface area contributed by atoms with E-state index in [1.165, 1.54) is 0 Å². The second kappa shape index (κ2) is 3.45. The third-order valence-electron chi connectivity index (χ3n) is 2.00. The van der Waals surface area contributed by atoms with E-state index in [1.54, 1.807) is 13.0 Å². The summed E-state index contributed by atoms with van der Waals surface area (Å²) in [5.74, 6) is 0.0612. The summed E-state index contributed by atoms with van der Waals surface area (Å²) in [6.45, 7) is 5.37. The normalized spacial score (nSPS) is 10.0. The lowest BCUT2D eigenvalue weighted by Gasteiger charge is -2.12. The molecule has 0 fully saturated rings. The van der Waals surface area contributed by atoms with Crippen molar-refractivity contribution in [2.75, 3.05) is 11.5 Å². The van der Waals surface area contributed by atoms with E-state index >= 15 is 0 Å². The number of rotatable bonds is 1. The molecule has 0 aliphatic rings. The highest BCUT2D eigenvalue weighted by Gasteiger charge is 2.14. The third-order valence-corrected chi connectivity index (χ3v) is 3.16. The number of phenolic OH excluding ortho intramolecular Hbond substituents is 1. The first-order chi connectivity index (χ1) is 6.00. The Hall–Kier alpha value is -0.910. The van der Waals surface area contributed by atoms with Crippen LogP contribution >= 0.6 is 22.6 Å². The fourth-order valence-corrected chi connectivity index (χ4v) is 1.95. The monoisotopic (exact) mass is 290 g/mol. The Labute approximate surface area is 90.6 Å². The van der Waals surface area contributed by atoms with Crippen molar-refractivity contribution in [3.63, 3.8) is 0 Å². The van der Waals surface area contributed by atoms with E-state index in [2.05, 4.69) is 29.2 Å². The SMILES string of the molecule is C=Cc1c(O)c(N)c(C)c(N)c1I. The molecule has 1 rings (SSSR count). The summed E-state index contributed by atoms with van der Waals surface area (Å²) in [5, 5.41) is 9.63. The smallest absolute Gasteiger partial charge is 0.147 e. The fourth-order valence-electron chi connectivity index (χ4n) is 1.07. The number of phenols is 1. The van der Waals surface area contributed by atoms with Gasteiger partial charge in [-0.1, -0.05) is 12.7 Å². The number of anilines is 2. The van der Waals surface area contributed by atoms with Crippen molar-refractivity contribution in [1.29, 1.82) is 0 Å². The van der Waals surface area contributed by atoms with Gasteiger partial charge in [0.15, 0.2) is 0 Å². The highest BCUT2D eigenvalue weighted by atomic mass is 127. The second-order valence-electron chi connectivity index (χ2n) is 2.73. The van der Waals surface area contributed by atoms with Crippen LogP contribution in [0.4, 0.5) is 11.4 Å². The maximum absolute atomic E-state index is 9.63. The van der Waals surface area contributed by atoms with Gasteiger partial charge in [-0.05, 0) is 35.1 Å². The number of hydrogen-bond acceptors (Lipinski definition) is 3. The van der Waals surface area contributed by atoms with E-state index in [0.717, 1.165) is 3.57 Å². The zero-order valence-electron chi connectivity index (χ0n) is 7.26. The van der Waals surface area contributed by atoms with E-state index in [0.29, 0.717) is 22.5 Å². The number of hydrogen-bond donors (Lipinski definition) is 3. The van der Waals surface area contributed by atoms with Gasteiger partial charge < -0.3 is 16.6 Å². The van der Waals surface area contributed by atoms with Gasteiger partial charge in [0, 0.05) is 9.13 Å². The van der Waals surface area contributed by atoms with Crippen LogP contribution in [-0.4, -0.2) is 5.11 Å². The van der Waals surface area contributed by atoms with Crippen LogP contribution in [0.5, 0.6) is 5.75 Å². The minimum Gasteiger partial charge on any atom is -0.505 e. The van der Waals surface area contributed by atoms with Crippen LogP contribution in [0.15, 0.2) is 6.58 Å². The Kier molecular flexibility index (Phi) is 2.70. The molecule has 1 aromatic carbocycles. The van der Waals surface area contributed by atoms with Crippen molar-refractivity contribution in [3.8, 4) is 5.75 Å². The molecule has 0 spiro atoms. The summed E-state index contributed by atoms with van der Waals surface area (Å²) in [6, 6.07) is 0. The molecular weight excluding hydrogens is 279 g/mol. The molecule has 0 aromatic heterocycles. The van der Waals surface area contributed by atoms with Crippen molar-refractivity contribution in [1.82, 2.24) is 0 Å². The quantitative estimate of drug-likeness (QED) is 0.321. The van der Waals surface area contributed by atoms with E-state index in [-0.39, 0.29) is 5.75 Å². The van der Waals surface area contributed by atoms with Crippen LogP contribution in [0.3, 0.4) is 0 Å². The number of nitrogens with two attached hydrogens (primary N) is 2. The highest BCUT2D eigenvalue weighted by Crippen LogP contribution is 2.37. The molecule has 0 unspecified atom stereocenters. The average molecular weight is 290 g/mol. The minimum absolute atomic E-state index is 0.0612. The Morgan fingerprint density at radius 3 is 2.38 bits per heavy atom. The standard InChI is InChI=1S/C9H11IN2O/c1-3-5-6(10)7(11)4(2)8(12)9(5)13/h3,13H,1,11-12H2,2H3. The molecule has 0 amide bonds. The second-order valence-corrected chi connectivity index (χ2v) is 3.81. The van der Waals surface area contributed by atoms with Crippen LogP contribution in [0.2, 0.25) is 0 Å². The fraction of sp³-hybridized carbons (Fsp3) is 0.111. The number of aromatic hydroxyl groups is 1. The van der Waals surface area contributed by atoms with Crippen LogP contribution in [-0.2, 0) is 0 Å². The first-order valence-electron chi connectivity index (χ1n) is 3.69. The molecule has 0 radical (unpaired) electrons. The lowest BCUT2D eigenvalue weighted by Crippen LogP contribution is -2.01. The van der Waals surface area contributed by atoms with Crippen molar-refractivity contribution in [2.45, 2.75) is 6.92 Å². The number of halogens is 1. The lowest BCUT2D eigenvalue weighted by molar-refractivity contribution is 0.476. The molecule has 0 heterocycles. The van der Waals surface area contributed by atoms with Crippen LogP contribution in [0.1, 0.15) is 11.1 Å². The molecule has 0 saturated heterocycles. The van der Waals surface area contributed by atoms with Crippen molar-refractivity contribution in [3.05, 3.63) is 21.3 Å². The summed E-state index contributed by atoms with van der Waals surface area (Å²) in [6.07, 6.45) is 1.54. The van der Waals surface area contributed by atoms with Gasteiger partial charge in [-0.15, -0.1) is 0 Å². The zero-order chi connectivity index (χ0) is 10.2. The van der Waals surface area contributed by atoms with Gasteiger partial charge in [0.25, 0.3) is 0 Å². The Bertz CT molecular complexity index is 345. The van der Waals surface area contributed by atoms with Gasteiger partial charge in [0.05, 0.1) is 11.4 Å². The largest absolute Gasteiger partial charge is 0.505 e. The zero-order valence-corrected chi connectivity index (χ0v) is 9.42. The van der Waals surface area contributed by atoms with E-state index in [1.807, 2.05) is 0 Å². The van der Waals surface area contributed by atoms with Crippen LogP contribution in [0.25, 0.3) is 6.08 Å². The molecule has 5 N–H and O–H groups in total. The van der Waals surface area contributed by atoms with Crippen LogP contribution < -0.4 is 11.5 Å². The van der Waals surface area contributed by atoms with Gasteiger partial charge in [0.2, 0.25) is 0 Å². The molecule has 0 saturated carbocycles. The molecule has 4 heteroatoms. The van der Waals surface area contributed by atoms with E-state index in [4.69, 9.17) is 11.5 Å². The third kappa shape index (κ3) is 1.46. The molecule has 1 aromatic rings. The van der Waals surface area contributed by atoms with Crippen molar-refractivity contribution >= 4 is 40.0 Å². The molecule has 0 aliphatic carbocycles. The summed E-state index contributed by atoms with van der Waals surface area (Å²) >= 11 is 2.06. The Balaban J connectivity index is 3.66. The van der Waals surface area contributed by atoms with Gasteiger partial charge in [0.1, 0.15) is 5.75 Å². The van der Waals surface area contributed by atoms with Gasteiger partial charge in [-0.2, -0.15) is 0 Å². The lowest BCUT2D eigenvalue weighted by atomic mass is 10.1. The predicted octanol–water partition coefficient (Wildman–Crippen LogP) is 2.11. The molecular formula is C9H11IN2O. The topological polar surface area (TPSA) is 72.3 Å². The van der Waals surface area contributed by atoms with Gasteiger partial charge in [-0.25, -0.2) is 0 Å². The maximum Gasteiger partial charge on any atom is 0.147 e. The van der Waals surface area contributed by atoms with E-state index < -0.39 is 0 Å². The average Bonchev–Trinajstić information content (AvgIpc) is 2.13. The van der Waals surface area contributed by atoms with Crippen LogP contribution in [0, 0.1) is 10.5 Å². The summed E-state index contributed by atoms with van der Waals surface area (Å²) in [4.78, 5) is 0. The van der Waals surface area contributed by atoms with Gasteiger partial charge >= 0.3 is 0 Å². The molecule has 3 nitrogen and oxygen atoms in total. The molecule has 70 valence electrons. The molecule has 0 atom stereocenters. The minimum atomic E-state index is 0.0612. The van der Waals surface area contributed by atoms with E-state index in [9.17, 15) is 5.11 Å². The summed E-state index contributed by atoms with van der Waals surface area (Å²) < 4.78 is 0.789. The number of benzene rings is 1. The predicted molar refractivity (Wildman–Crippen MR) is 64.5 cm³/mol. The summed E-state index contributed by atoms with van der Waals surface area (Å²) in [5.41, 5.74) is 13.7. The Morgan fingerprint density at radius 1 is 1.38 bits per heavy atom. The molecule has 0 aliphatic heterocycles. The molecule has 13 heavy (non-hydrogen) atoms. The van der Waals surface area contributed by atoms with Crippen molar-refractivity contribution < 1.29 is 5.11 Å². The Morgan fingerprint density at radius 2 is 1.92 bits per heavy atom. The number of nitrogen functional groups attached to an aromatic ring is 2. The molecule has 0 bridgehead atoms. The first kappa shape index (κ1) is 10.2. The van der Waals surface area contributed by atoms with Gasteiger partial charge in [-0.3, -0.25) is 0 Å². The first-order valence-corrected chi connectivity index (χ1v) is 4.77.